The van der Waals surface area contributed by atoms with E-state index >= 15 is 0 Å². The van der Waals surface area contributed by atoms with Crippen LogP contribution in [0.2, 0.25) is 0 Å². The number of hydrogen-bond acceptors (Lipinski definition) is 3. The van der Waals surface area contributed by atoms with Crippen molar-refractivity contribution < 1.29 is 8.42 Å². The van der Waals surface area contributed by atoms with Crippen molar-refractivity contribution in [3.05, 3.63) is 0 Å². The van der Waals surface area contributed by atoms with Crippen LogP contribution in [0.5, 0.6) is 0 Å². The summed E-state index contributed by atoms with van der Waals surface area (Å²) in [4.78, 5) is 0. The van der Waals surface area contributed by atoms with Crippen molar-refractivity contribution >= 4 is 10.2 Å². The minimum atomic E-state index is -3.24. The zero-order valence-corrected chi connectivity index (χ0v) is 12.9. The van der Waals surface area contributed by atoms with Gasteiger partial charge in [0, 0.05) is 25.2 Å². The molecule has 112 valence electrons. The van der Waals surface area contributed by atoms with Crippen LogP contribution in [-0.4, -0.2) is 44.4 Å². The summed E-state index contributed by atoms with van der Waals surface area (Å²) in [6.45, 7) is 6.60. The Hall–Kier alpha value is -0.170. The first-order chi connectivity index (χ1) is 8.97. The van der Waals surface area contributed by atoms with E-state index in [0.29, 0.717) is 25.0 Å². The molecular weight excluding hydrogens is 262 g/mol. The Kier molecular flexibility index (Phi) is 5.22. The van der Waals surface area contributed by atoms with Crippen LogP contribution in [0.15, 0.2) is 0 Å². The first kappa shape index (κ1) is 15.2. The molecule has 0 bridgehead atoms. The smallest absolute Gasteiger partial charge is 0.279 e. The molecule has 0 radical (unpaired) electrons. The third-order valence-corrected chi connectivity index (χ3v) is 5.83. The van der Waals surface area contributed by atoms with Crippen molar-refractivity contribution in [1.29, 1.82) is 0 Å². The predicted molar refractivity (Wildman–Crippen MR) is 77.1 cm³/mol. The Morgan fingerprint density at radius 3 is 2.26 bits per heavy atom. The molecule has 2 N–H and O–H groups in total. The van der Waals surface area contributed by atoms with Gasteiger partial charge in [-0.2, -0.15) is 17.4 Å². The summed E-state index contributed by atoms with van der Waals surface area (Å²) in [6, 6.07) is 0.687. The number of piperidine rings is 1. The third-order valence-electron chi connectivity index (χ3n) is 4.15. The average molecular weight is 289 g/mol. The molecule has 6 heteroatoms. The number of nitrogens with zero attached hydrogens (tertiary/aromatic N) is 1. The lowest BCUT2D eigenvalue weighted by Crippen LogP contribution is -2.50. The molecule has 1 saturated heterocycles. The van der Waals surface area contributed by atoms with E-state index in [9.17, 15) is 8.42 Å². The van der Waals surface area contributed by atoms with E-state index < -0.39 is 10.2 Å². The maximum absolute atomic E-state index is 12.2. The molecule has 19 heavy (non-hydrogen) atoms. The van der Waals surface area contributed by atoms with Crippen molar-refractivity contribution in [3.63, 3.8) is 0 Å². The van der Waals surface area contributed by atoms with E-state index in [4.69, 9.17) is 0 Å². The second-order valence-electron chi connectivity index (χ2n) is 6.16. The van der Waals surface area contributed by atoms with Gasteiger partial charge in [-0.25, -0.2) is 0 Å². The molecule has 2 aliphatic rings. The predicted octanol–water partition coefficient (Wildman–Crippen LogP) is 1.08. The van der Waals surface area contributed by atoms with Crippen molar-refractivity contribution in [2.45, 2.75) is 58.0 Å². The number of hydrogen-bond donors (Lipinski definition) is 2. The molecule has 1 saturated carbocycles. The lowest BCUT2D eigenvalue weighted by molar-refractivity contribution is 0.257. The molecule has 0 atom stereocenters. The van der Waals surface area contributed by atoms with E-state index in [-0.39, 0.29) is 6.04 Å². The molecule has 0 aromatic heterocycles. The SMILES string of the molecule is CC(C)NCC1CCN(S(=O)(=O)NC2CCC2)CC1. The Bertz CT molecular complexity index is 371. The molecule has 0 spiro atoms. The standard InChI is InChI=1S/C13H27N3O2S/c1-11(2)14-10-12-6-8-16(9-7-12)19(17,18)15-13-4-3-5-13/h11-15H,3-10H2,1-2H3. The van der Waals surface area contributed by atoms with Crippen molar-refractivity contribution in [3.8, 4) is 0 Å². The highest BCUT2D eigenvalue weighted by molar-refractivity contribution is 7.87. The van der Waals surface area contributed by atoms with Crippen LogP contribution in [0.3, 0.4) is 0 Å². The fraction of sp³-hybridized carbons (Fsp3) is 1.00. The van der Waals surface area contributed by atoms with Crippen LogP contribution in [0.1, 0.15) is 46.0 Å². The molecule has 2 fully saturated rings. The molecule has 0 unspecified atom stereocenters. The highest BCUT2D eigenvalue weighted by atomic mass is 32.2. The Labute approximate surface area is 117 Å². The maximum atomic E-state index is 12.2. The first-order valence-corrected chi connectivity index (χ1v) is 8.92. The summed E-state index contributed by atoms with van der Waals surface area (Å²) < 4.78 is 28.8. The van der Waals surface area contributed by atoms with Crippen molar-refractivity contribution in [2.24, 2.45) is 5.92 Å². The second-order valence-corrected chi connectivity index (χ2v) is 7.86. The molecule has 0 amide bonds. The van der Waals surface area contributed by atoms with Gasteiger partial charge in [0.2, 0.25) is 0 Å². The van der Waals surface area contributed by atoms with Crippen LogP contribution in [0.4, 0.5) is 0 Å². The lowest BCUT2D eigenvalue weighted by atomic mass is 9.94. The fourth-order valence-electron chi connectivity index (χ4n) is 2.57. The minimum Gasteiger partial charge on any atom is -0.314 e. The van der Waals surface area contributed by atoms with Gasteiger partial charge in [0.25, 0.3) is 10.2 Å². The van der Waals surface area contributed by atoms with E-state index in [1.165, 1.54) is 0 Å². The fourth-order valence-corrected chi connectivity index (χ4v) is 4.06. The van der Waals surface area contributed by atoms with Crippen LogP contribution in [0.25, 0.3) is 0 Å². The Morgan fingerprint density at radius 1 is 1.16 bits per heavy atom. The minimum absolute atomic E-state index is 0.185. The normalized spacial score (nSPS) is 23.7. The van der Waals surface area contributed by atoms with Gasteiger partial charge in [0.15, 0.2) is 0 Å². The largest absolute Gasteiger partial charge is 0.314 e. The molecule has 1 heterocycles. The van der Waals surface area contributed by atoms with Crippen LogP contribution >= 0.6 is 0 Å². The van der Waals surface area contributed by atoms with E-state index in [2.05, 4.69) is 23.9 Å². The summed E-state index contributed by atoms with van der Waals surface area (Å²) in [7, 11) is -3.24. The molecule has 1 aliphatic heterocycles. The van der Waals surface area contributed by atoms with Gasteiger partial charge >= 0.3 is 0 Å². The zero-order chi connectivity index (χ0) is 13.9. The van der Waals surface area contributed by atoms with E-state index in [1.807, 2.05) is 0 Å². The summed E-state index contributed by atoms with van der Waals surface area (Å²) >= 11 is 0. The van der Waals surface area contributed by atoms with Gasteiger partial charge < -0.3 is 5.32 Å². The van der Waals surface area contributed by atoms with Crippen LogP contribution in [0, 0.1) is 5.92 Å². The topological polar surface area (TPSA) is 61.4 Å². The molecular formula is C13H27N3O2S. The molecule has 1 aliphatic carbocycles. The monoisotopic (exact) mass is 289 g/mol. The van der Waals surface area contributed by atoms with Gasteiger partial charge in [-0.1, -0.05) is 20.3 Å². The first-order valence-electron chi connectivity index (χ1n) is 7.48. The molecule has 5 nitrogen and oxygen atoms in total. The summed E-state index contributed by atoms with van der Waals surface area (Å²) in [5.41, 5.74) is 0. The highest BCUT2D eigenvalue weighted by Gasteiger charge is 2.31. The Balaban J connectivity index is 1.75. The zero-order valence-electron chi connectivity index (χ0n) is 12.1. The van der Waals surface area contributed by atoms with E-state index in [0.717, 1.165) is 38.6 Å². The number of nitrogens with one attached hydrogen (secondary N) is 2. The summed E-state index contributed by atoms with van der Waals surface area (Å²) in [6.07, 6.45) is 5.06. The van der Waals surface area contributed by atoms with Crippen LogP contribution < -0.4 is 10.0 Å². The van der Waals surface area contributed by atoms with Crippen LogP contribution in [-0.2, 0) is 10.2 Å². The maximum Gasteiger partial charge on any atom is 0.279 e. The quantitative estimate of drug-likeness (QED) is 0.769. The van der Waals surface area contributed by atoms with Gasteiger partial charge in [-0.15, -0.1) is 0 Å². The third kappa shape index (κ3) is 4.41. The van der Waals surface area contributed by atoms with Gasteiger partial charge in [0.1, 0.15) is 0 Å². The molecule has 0 aromatic carbocycles. The summed E-state index contributed by atoms with van der Waals surface area (Å²) in [5.74, 6) is 0.609. The summed E-state index contributed by atoms with van der Waals surface area (Å²) in [5, 5.41) is 3.44. The highest BCUT2D eigenvalue weighted by Crippen LogP contribution is 2.22. The second kappa shape index (κ2) is 6.52. The van der Waals surface area contributed by atoms with Crippen molar-refractivity contribution in [1.82, 2.24) is 14.3 Å². The Morgan fingerprint density at radius 2 is 1.79 bits per heavy atom. The lowest BCUT2D eigenvalue weighted by Gasteiger charge is -2.34. The van der Waals surface area contributed by atoms with Gasteiger partial charge in [-0.05, 0) is 38.1 Å². The molecule has 2 rings (SSSR count). The van der Waals surface area contributed by atoms with Crippen molar-refractivity contribution in [2.75, 3.05) is 19.6 Å². The average Bonchev–Trinajstić information content (AvgIpc) is 2.32. The molecule has 0 aromatic rings. The van der Waals surface area contributed by atoms with E-state index in [1.54, 1.807) is 4.31 Å². The number of rotatable bonds is 6. The van der Waals surface area contributed by atoms with Gasteiger partial charge in [0.05, 0.1) is 0 Å². The van der Waals surface area contributed by atoms with Gasteiger partial charge in [-0.3, -0.25) is 0 Å².